The van der Waals surface area contributed by atoms with Crippen LogP contribution in [0.1, 0.15) is 58.2 Å². The Bertz CT molecular complexity index is 551. The quantitative estimate of drug-likeness (QED) is 0.889. The minimum absolute atomic E-state index is 0.160. The molecule has 4 bridgehead atoms. The molecule has 2 atom stereocenters. The number of H-pyrrole nitrogens is 1. The lowest BCUT2D eigenvalue weighted by atomic mass is 9.40. The fourth-order valence-electron chi connectivity index (χ4n) is 6.31. The van der Waals surface area contributed by atoms with Crippen LogP contribution in [0, 0.1) is 22.2 Å². The number of carbonyl (C=O) groups is 1. The Hall–Kier alpha value is -1.46. The molecule has 0 aromatic carbocycles. The number of aromatic nitrogens is 4. The van der Waals surface area contributed by atoms with E-state index in [-0.39, 0.29) is 11.3 Å². The molecule has 1 aromatic heterocycles. The van der Waals surface area contributed by atoms with Crippen LogP contribution in [0.2, 0.25) is 0 Å². The Morgan fingerprint density at radius 1 is 1.24 bits per heavy atom. The van der Waals surface area contributed by atoms with Gasteiger partial charge in [-0.25, -0.2) is 0 Å². The van der Waals surface area contributed by atoms with E-state index in [0.29, 0.717) is 23.2 Å². The molecule has 21 heavy (non-hydrogen) atoms. The number of tetrazole rings is 1. The molecule has 4 fully saturated rings. The van der Waals surface area contributed by atoms with E-state index in [1.54, 1.807) is 0 Å². The Morgan fingerprint density at radius 2 is 1.95 bits per heavy atom. The van der Waals surface area contributed by atoms with Crippen molar-refractivity contribution in [2.45, 2.75) is 58.9 Å². The number of nitrogens with one attached hydrogen (secondary N) is 2. The van der Waals surface area contributed by atoms with Crippen LogP contribution in [0.15, 0.2) is 0 Å². The van der Waals surface area contributed by atoms with Crippen molar-refractivity contribution in [2.75, 3.05) is 0 Å². The second-order valence-corrected chi connectivity index (χ2v) is 8.42. The van der Waals surface area contributed by atoms with Crippen molar-refractivity contribution in [1.82, 2.24) is 25.9 Å². The van der Waals surface area contributed by atoms with E-state index < -0.39 is 0 Å². The van der Waals surface area contributed by atoms with Crippen LogP contribution in [-0.2, 0) is 11.3 Å². The van der Waals surface area contributed by atoms with Gasteiger partial charge < -0.3 is 5.32 Å². The van der Waals surface area contributed by atoms with Crippen LogP contribution >= 0.6 is 0 Å². The molecule has 6 nitrogen and oxygen atoms in total. The van der Waals surface area contributed by atoms with Crippen molar-refractivity contribution in [3.8, 4) is 0 Å². The highest BCUT2D eigenvalue weighted by atomic mass is 16.2. The van der Waals surface area contributed by atoms with Crippen molar-refractivity contribution in [2.24, 2.45) is 22.2 Å². The molecule has 114 valence electrons. The summed E-state index contributed by atoms with van der Waals surface area (Å²) >= 11 is 0. The number of nitrogens with zero attached hydrogens (tertiary/aromatic N) is 3. The molecule has 0 aliphatic heterocycles. The zero-order valence-corrected chi connectivity index (χ0v) is 12.8. The predicted molar refractivity (Wildman–Crippen MR) is 75.9 cm³/mol. The normalized spacial score (nSPS) is 44.0. The summed E-state index contributed by atoms with van der Waals surface area (Å²) in [5.41, 5.74) is 0.557. The maximum absolute atomic E-state index is 12.9. The molecule has 4 saturated carbocycles. The van der Waals surface area contributed by atoms with Crippen molar-refractivity contribution in [3.63, 3.8) is 0 Å². The second-order valence-electron chi connectivity index (χ2n) is 8.42. The Kier molecular flexibility index (Phi) is 2.55. The van der Waals surface area contributed by atoms with E-state index in [2.05, 4.69) is 39.8 Å². The summed E-state index contributed by atoms with van der Waals surface area (Å²) in [5, 5.41) is 16.8. The van der Waals surface area contributed by atoms with Crippen LogP contribution in [0.3, 0.4) is 0 Å². The number of hydrogen-bond donors (Lipinski definition) is 2. The van der Waals surface area contributed by atoms with Crippen molar-refractivity contribution in [3.05, 3.63) is 5.82 Å². The number of carbonyl (C=O) groups excluding carboxylic acids is 1. The van der Waals surface area contributed by atoms with Crippen LogP contribution in [-0.4, -0.2) is 26.5 Å². The van der Waals surface area contributed by atoms with Gasteiger partial charge in [-0.2, -0.15) is 5.21 Å². The maximum Gasteiger partial charge on any atom is 0.226 e. The van der Waals surface area contributed by atoms with E-state index in [1.165, 1.54) is 19.3 Å². The highest BCUT2D eigenvalue weighted by molar-refractivity contribution is 5.83. The summed E-state index contributed by atoms with van der Waals surface area (Å²) in [6, 6.07) is 0. The predicted octanol–water partition coefficient (Wildman–Crippen LogP) is 1.81. The number of amides is 1. The van der Waals surface area contributed by atoms with Crippen molar-refractivity contribution in [1.29, 1.82) is 0 Å². The third-order valence-electron chi connectivity index (χ3n) is 5.90. The third kappa shape index (κ3) is 2.07. The van der Waals surface area contributed by atoms with Gasteiger partial charge in [0.2, 0.25) is 5.91 Å². The zero-order valence-electron chi connectivity index (χ0n) is 12.8. The van der Waals surface area contributed by atoms with E-state index in [9.17, 15) is 4.79 Å². The summed E-state index contributed by atoms with van der Waals surface area (Å²) in [5.74, 6) is 1.48. The van der Waals surface area contributed by atoms with Gasteiger partial charge in [-0.1, -0.05) is 19.1 Å². The average molecular weight is 289 g/mol. The Balaban J connectivity index is 1.54. The standard InChI is InChI=1S/C15H23N5O/c1-13-3-10-4-14(2,7-13)9-15(5-10,8-13)12(21)16-6-11-17-19-20-18-11/h10H,3-9H2,1-2H3,(H,16,21)(H,17,18,19,20). The fraction of sp³-hybridized carbons (Fsp3) is 0.867. The lowest BCUT2D eigenvalue weighted by Crippen LogP contribution is -2.59. The smallest absolute Gasteiger partial charge is 0.226 e. The highest BCUT2D eigenvalue weighted by Crippen LogP contribution is 2.69. The first-order valence-electron chi connectivity index (χ1n) is 7.91. The maximum atomic E-state index is 12.9. The molecule has 1 aromatic rings. The number of hydrogen-bond acceptors (Lipinski definition) is 4. The monoisotopic (exact) mass is 289 g/mol. The minimum atomic E-state index is -0.160. The third-order valence-corrected chi connectivity index (χ3v) is 5.90. The van der Waals surface area contributed by atoms with Gasteiger partial charge in [-0.3, -0.25) is 4.79 Å². The van der Waals surface area contributed by atoms with Gasteiger partial charge >= 0.3 is 0 Å². The topological polar surface area (TPSA) is 83.6 Å². The summed E-state index contributed by atoms with van der Waals surface area (Å²) in [4.78, 5) is 12.9. The Morgan fingerprint density at radius 3 is 2.52 bits per heavy atom. The molecule has 5 rings (SSSR count). The summed E-state index contributed by atoms with van der Waals surface area (Å²) in [6.07, 6.45) is 7.06. The van der Waals surface area contributed by atoms with E-state index >= 15 is 0 Å². The molecule has 2 N–H and O–H groups in total. The van der Waals surface area contributed by atoms with Crippen molar-refractivity contribution >= 4 is 5.91 Å². The van der Waals surface area contributed by atoms with Gasteiger partial charge in [0.25, 0.3) is 0 Å². The average Bonchev–Trinajstić information content (AvgIpc) is 2.84. The van der Waals surface area contributed by atoms with Gasteiger partial charge in [0.15, 0.2) is 5.82 Å². The summed E-state index contributed by atoms with van der Waals surface area (Å²) < 4.78 is 0. The van der Waals surface area contributed by atoms with Crippen molar-refractivity contribution < 1.29 is 4.79 Å². The first-order chi connectivity index (χ1) is 9.91. The number of rotatable bonds is 3. The molecule has 4 aliphatic rings. The molecular formula is C15H23N5O. The van der Waals surface area contributed by atoms with Gasteiger partial charge in [0, 0.05) is 0 Å². The summed E-state index contributed by atoms with van der Waals surface area (Å²) in [6.45, 7) is 5.14. The molecule has 4 aliphatic carbocycles. The molecule has 2 unspecified atom stereocenters. The van der Waals surface area contributed by atoms with Crippen LogP contribution in [0.5, 0.6) is 0 Å². The molecule has 0 radical (unpaired) electrons. The van der Waals surface area contributed by atoms with Crippen LogP contribution in [0.25, 0.3) is 0 Å². The zero-order chi connectivity index (χ0) is 14.7. The van der Waals surface area contributed by atoms with Crippen LogP contribution < -0.4 is 5.32 Å². The van der Waals surface area contributed by atoms with E-state index in [1.807, 2.05) is 0 Å². The molecule has 0 saturated heterocycles. The minimum Gasteiger partial charge on any atom is -0.348 e. The lowest BCUT2D eigenvalue weighted by molar-refractivity contribution is -0.170. The first-order valence-corrected chi connectivity index (χ1v) is 7.91. The van der Waals surface area contributed by atoms with E-state index in [4.69, 9.17) is 0 Å². The van der Waals surface area contributed by atoms with Gasteiger partial charge in [-0.15, -0.1) is 10.2 Å². The number of aromatic amines is 1. The molecule has 1 heterocycles. The molecule has 0 spiro atoms. The molecule has 6 heteroatoms. The first kappa shape index (κ1) is 13.2. The van der Waals surface area contributed by atoms with Gasteiger partial charge in [-0.05, 0) is 55.3 Å². The Labute approximate surface area is 124 Å². The lowest BCUT2D eigenvalue weighted by Gasteiger charge is -2.64. The highest BCUT2D eigenvalue weighted by Gasteiger charge is 2.62. The second kappa shape index (κ2) is 4.05. The summed E-state index contributed by atoms with van der Waals surface area (Å²) in [7, 11) is 0. The molecule has 1 amide bonds. The molecular weight excluding hydrogens is 266 g/mol. The van der Waals surface area contributed by atoms with Gasteiger partial charge in [0.1, 0.15) is 0 Å². The fourth-order valence-corrected chi connectivity index (χ4v) is 6.31. The van der Waals surface area contributed by atoms with Gasteiger partial charge in [0.05, 0.1) is 12.0 Å². The van der Waals surface area contributed by atoms with E-state index in [0.717, 1.165) is 25.2 Å². The SMILES string of the molecule is CC12CC3CC(C)(C1)CC(C(=O)NCc1nn[nH]n1)(C3)C2. The largest absolute Gasteiger partial charge is 0.348 e. The van der Waals surface area contributed by atoms with Crippen LogP contribution in [0.4, 0.5) is 0 Å².